The van der Waals surface area contributed by atoms with Gasteiger partial charge in [-0.3, -0.25) is 4.98 Å². The van der Waals surface area contributed by atoms with Crippen molar-refractivity contribution in [2.75, 3.05) is 0 Å². The zero-order valence-electron chi connectivity index (χ0n) is 15.4. The van der Waals surface area contributed by atoms with E-state index in [1.165, 1.54) is 11.3 Å². The van der Waals surface area contributed by atoms with Crippen LogP contribution in [-0.4, -0.2) is 4.98 Å². The average molecular weight is 382 g/mol. The van der Waals surface area contributed by atoms with Gasteiger partial charge in [0.25, 0.3) is 0 Å². The fourth-order valence-electron chi connectivity index (χ4n) is 3.24. The molecule has 0 atom stereocenters. The van der Waals surface area contributed by atoms with E-state index in [9.17, 15) is 5.26 Å². The maximum atomic E-state index is 10.0. The zero-order valence-corrected chi connectivity index (χ0v) is 16.2. The highest BCUT2D eigenvalue weighted by Gasteiger charge is 2.19. The summed E-state index contributed by atoms with van der Waals surface area (Å²) in [6.45, 7) is 2.50. The number of aryl methyl sites for hydroxylation is 1. The molecule has 0 unspecified atom stereocenters. The number of ether oxygens (including phenoxy) is 1. The van der Waals surface area contributed by atoms with Crippen LogP contribution in [0.25, 0.3) is 21.6 Å². The first-order valence-electron chi connectivity index (χ1n) is 8.96. The highest BCUT2D eigenvalue weighted by Crippen LogP contribution is 2.41. The van der Waals surface area contributed by atoms with E-state index in [0.29, 0.717) is 17.9 Å². The first kappa shape index (κ1) is 18.0. The van der Waals surface area contributed by atoms with E-state index in [1.807, 2.05) is 60.7 Å². The van der Waals surface area contributed by atoms with Crippen molar-refractivity contribution in [3.63, 3.8) is 0 Å². The largest absolute Gasteiger partial charge is 0.488 e. The van der Waals surface area contributed by atoms with Gasteiger partial charge in [0, 0.05) is 11.8 Å². The Hall–Kier alpha value is -3.42. The summed E-state index contributed by atoms with van der Waals surface area (Å²) in [5.74, 6) is 0.696. The number of nitrogens with zero attached hydrogens (tertiary/aromatic N) is 2. The Morgan fingerprint density at radius 3 is 2.46 bits per heavy atom. The van der Waals surface area contributed by atoms with E-state index in [2.05, 4.69) is 24.0 Å². The van der Waals surface area contributed by atoms with E-state index in [4.69, 9.17) is 4.74 Å². The molecule has 0 bridgehead atoms. The highest BCUT2D eigenvalue weighted by molar-refractivity contribution is 7.13. The first-order valence-corrected chi connectivity index (χ1v) is 9.84. The molecule has 4 heteroatoms. The van der Waals surface area contributed by atoms with Crippen LogP contribution in [0.2, 0.25) is 0 Å². The van der Waals surface area contributed by atoms with E-state index in [-0.39, 0.29) is 0 Å². The van der Waals surface area contributed by atoms with Gasteiger partial charge in [-0.2, -0.15) is 5.26 Å². The van der Waals surface area contributed by atoms with Crippen LogP contribution in [-0.2, 0) is 6.61 Å². The van der Waals surface area contributed by atoms with Crippen molar-refractivity contribution in [2.24, 2.45) is 0 Å². The topological polar surface area (TPSA) is 45.9 Å². The van der Waals surface area contributed by atoms with Gasteiger partial charge in [0.2, 0.25) is 0 Å². The Balaban J connectivity index is 1.84. The smallest absolute Gasteiger partial charge is 0.129 e. The average Bonchev–Trinajstić information content (AvgIpc) is 3.27. The summed E-state index contributed by atoms with van der Waals surface area (Å²) >= 11 is 1.51. The molecule has 136 valence electrons. The molecular weight excluding hydrogens is 364 g/mol. The van der Waals surface area contributed by atoms with Gasteiger partial charge in [-0.25, -0.2) is 0 Å². The van der Waals surface area contributed by atoms with Crippen LogP contribution in [0, 0.1) is 18.3 Å². The van der Waals surface area contributed by atoms with Crippen molar-refractivity contribution in [3.05, 3.63) is 95.1 Å². The van der Waals surface area contributed by atoms with Gasteiger partial charge < -0.3 is 4.74 Å². The number of hydrogen-bond donors (Lipinski definition) is 0. The number of hydrogen-bond acceptors (Lipinski definition) is 4. The second kappa shape index (κ2) is 8.08. The molecule has 3 aromatic carbocycles. The number of rotatable bonds is 5. The fourth-order valence-corrected chi connectivity index (χ4v) is 3.92. The number of thiazole rings is 1. The molecule has 0 radical (unpaired) electrons. The Labute approximate surface area is 168 Å². The molecule has 1 aromatic heterocycles. The van der Waals surface area contributed by atoms with Gasteiger partial charge in [0.15, 0.2) is 0 Å². The number of aromatic nitrogens is 1. The van der Waals surface area contributed by atoms with Gasteiger partial charge in [0.05, 0.1) is 21.5 Å². The Bertz CT molecular complexity index is 1130. The van der Waals surface area contributed by atoms with E-state index in [1.54, 1.807) is 11.7 Å². The standard InChI is InChI=1S/C24H18N2OS/c1-17-7-5-6-10-19(17)20-11-12-22(27-15-18-8-3-2-4-9-18)24(21(20)13-25)23-14-26-16-28-23/h2-12,14,16H,15H2,1H3. The molecule has 4 rings (SSSR count). The molecule has 0 N–H and O–H groups in total. The minimum Gasteiger partial charge on any atom is -0.488 e. The van der Waals surface area contributed by atoms with Crippen LogP contribution in [0.4, 0.5) is 0 Å². The molecule has 0 fully saturated rings. The fraction of sp³-hybridized carbons (Fsp3) is 0.0833. The molecule has 0 saturated carbocycles. The van der Waals surface area contributed by atoms with Crippen LogP contribution < -0.4 is 4.74 Å². The van der Waals surface area contributed by atoms with Crippen molar-refractivity contribution >= 4 is 11.3 Å². The molecule has 0 spiro atoms. The lowest BCUT2D eigenvalue weighted by atomic mass is 9.92. The highest BCUT2D eigenvalue weighted by atomic mass is 32.1. The molecule has 1 heterocycles. The summed E-state index contributed by atoms with van der Waals surface area (Å²) in [4.78, 5) is 5.13. The van der Waals surface area contributed by atoms with Crippen LogP contribution in [0.5, 0.6) is 5.75 Å². The third kappa shape index (κ3) is 3.53. The summed E-state index contributed by atoms with van der Waals surface area (Å²) in [6, 6.07) is 24.5. The molecule has 28 heavy (non-hydrogen) atoms. The second-order valence-corrected chi connectivity index (χ2v) is 7.31. The minimum atomic E-state index is 0.446. The van der Waals surface area contributed by atoms with Gasteiger partial charge in [0.1, 0.15) is 18.4 Å². The van der Waals surface area contributed by atoms with Crippen molar-refractivity contribution < 1.29 is 4.74 Å². The molecular formula is C24H18N2OS. The normalized spacial score (nSPS) is 10.4. The van der Waals surface area contributed by atoms with E-state index < -0.39 is 0 Å². The maximum Gasteiger partial charge on any atom is 0.129 e. The lowest BCUT2D eigenvalue weighted by Gasteiger charge is -2.16. The van der Waals surface area contributed by atoms with Gasteiger partial charge in [-0.15, -0.1) is 11.3 Å². The van der Waals surface area contributed by atoms with E-state index in [0.717, 1.165) is 32.7 Å². The minimum absolute atomic E-state index is 0.446. The van der Waals surface area contributed by atoms with Crippen LogP contribution >= 0.6 is 11.3 Å². The maximum absolute atomic E-state index is 10.0. The SMILES string of the molecule is Cc1ccccc1-c1ccc(OCc2ccccc2)c(-c2cncs2)c1C#N. The monoisotopic (exact) mass is 382 g/mol. The molecule has 4 aromatic rings. The van der Waals surface area contributed by atoms with Crippen molar-refractivity contribution in [1.82, 2.24) is 4.98 Å². The molecule has 3 nitrogen and oxygen atoms in total. The lowest BCUT2D eigenvalue weighted by Crippen LogP contribution is -1.99. The Kier molecular flexibility index (Phi) is 5.18. The molecule has 0 aliphatic carbocycles. The van der Waals surface area contributed by atoms with Gasteiger partial charge in [-0.05, 0) is 35.7 Å². The summed E-state index contributed by atoms with van der Waals surface area (Å²) in [5.41, 5.74) is 7.38. The van der Waals surface area contributed by atoms with Gasteiger partial charge in [-0.1, -0.05) is 54.6 Å². The predicted octanol–water partition coefficient (Wildman–Crippen LogP) is 6.24. The summed E-state index contributed by atoms with van der Waals surface area (Å²) in [7, 11) is 0. The quantitative estimate of drug-likeness (QED) is 0.411. The van der Waals surface area contributed by atoms with Crippen LogP contribution in [0.3, 0.4) is 0 Å². The summed E-state index contributed by atoms with van der Waals surface area (Å²) in [5, 5.41) is 10.0. The molecule has 0 saturated heterocycles. The van der Waals surface area contributed by atoms with E-state index >= 15 is 0 Å². The Morgan fingerprint density at radius 2 is 1.75 bits per heavy atom. The number of nitriles is 1. The predicted molar refractivity (Wildman–Crippen MR) is 113 cm³/mol. The van der Waals surface area contributed by atoms with Crippen LogP contribution in [0.1, 0.15) is 16.7 Å². The Morgan fingerprint density at radius 1 is 0.964 bits per heavy atom. The number of benzene rings is 3. The summed E-state index contributed by atoms with van der Waals surface area (Å²) in [6.07, 6.45) is 1.79. The lowest BCUT2D eigenvalue weighted by molar-refractivity contribution is 0.307. The van der Waals surface area contributed by atoms with Gasteiger partial charge >= 0.3 is 0 Å². The zero-order chi connectivity index (χ0) is 19.3. The van der Waals surface area contributed by atoms with Crippen molar-refractivity contribution in [2.45, 2.75) is 13.5 Å². The first-order chi connectivity index (χ1) is 13.8. The van der Waals surface area contributed by atoms with Crippen molar-refractivity contribution in [3.8, 4) is 33.4 Å². The van der Waals surface area contributed by atoms with Crippen molar-refractivity contribution in [1.29, 1.82) is 5.26 Å². The summed E-state index contributed by atoms with van der Waals surface area (Å²) < 4.78 is 6.14. The third-order valence-electron chi connectivity index (χ3n) is 4.63. The third-order valence-corrected chi connectivity index (χ3v) is 5.42. The van der Waals surface area contributed by atoms with Crippen LogP contribution in [0.15, 0.2) is 78.4 Å². The molecule has 0 aliphatic rings. The second-order valence-electron chi connectivity index (χ2n) is 6.43. The molecule has 0 amide bonds. The molecule has 0 aliphatic heterocycles.